The van der Waals surface area contributed by atoms with Gasteiger partial charge >= 0.3 is 0 Å². The Bertz CT molecular complexity index is 487. The summed E-state index contributed by atoms with van der Waals surface area (Å²) in [6.07, 6.45) is 1.91. The summed E-state index contributed by atoms with van der Waals surface area (Å²) >= 11 is 7.46. The Labute approximate surface area is 90.7 Å². The average Bonchev–Trinajstić information content (AvgIpc) is 2.17. The molecule has 5 heteroatoms. The van der Waals surface area contributed by atoms with Crippen LogP contribution in [0.5, 0.6) is 0 Å². The molecule has 0 atom stereocenters. The zero-order chi connectivity index (χ0) is 10.1. The van der Waals surface area contributed by atoms with Crippen molar-refractivity contribution in [3.05, 3.63) is 23.4 Å². The molecule has 0 aliphatic carbocycles. The van der Waals surface area contributed by atoms with Crippen LogP contribution < -0.4 is 5.73 Å². The highest BCUT2D eigenvalue weighted by Crippen LogP contribution is 2.27. The average molecular weight is 226 g/mol. The van der Waals surface area contributed by atoms with Gasteiger partial charge in [0.15, 0.2) is 5.16 Å². The van der Waals surface area contributed by atoms with Gasteiger partial charge in [-0.2, -0.15) is 0 Å². The number of fused-ring (bicyclic) bond motifs is 1. The Balaban J connectivity index is 2.83. The minimum atomic E-state index is 0.414. The maximum Gasteiger partial charge on any atom is 0.189 e. The van der Waals surface area contributed by atoms with Gasteiger partial charge in [0.1, 0.15) is 5.15 Å². The molecule has 3 nitrogen and oxygen atoms in total. The molecule has 1 aromatic carbocycles. The van der Waals surface area contributed by atoms with Crippen molar-refractivity contribution in [2.75, 3.05) is 12.0 Å². The summed E-state index contributed by atoms with van der Waals surface area (Å²) in [6, 6.07) is 5.51. The molecular weight excluding hydrogens is 218 g/mol. The molecule has 0 amide bonds. The third-order valence-electron chi connectivity index (χ3n) is 1.87. The molecule has 0 spiro atoms. The number of thioether (sulfide) groups is 1. The summed E-state index contributed by atoms with van der Waals surface area (Å²) < 4.78 is 0. The van der Waals surface area contributed by atoms with Crippen LogP contribution in [0, 0.1) is 0 Å². The Kier molecular flexibility index (Phi) is 2.48. The molecule has 0 unspecified atom stereocenters. The first-order chi connectivity index (χ1) is 6.72. The number of anilines is 1. The van der Waals surface area contributed by atoms with Crippen LogP contribution in [-0.2, 0) is 0 Å². The smallest absolute Gasteiger partial charge is 0.189 e. The SMILES string of the molecule is CSc1nc(Cl)c2c(N)cccc2n1. The fourth-order valence-corrected chi connectivity index (χ4v) is 1.94. The Hall–Kier alpha value is -1.00. The van der Waals surface area contributed by atoms with Crippen LogP contribution >= 0.6 is 23.4 Å². The van der Waals surface area contributed by atoms with E-state index in [1.807, 2.05) is 18.4 Å². The molecular formula is C9H8ClN3S. The summed E-state index contributed by atoms with van der Waals surface area (Å²) in [4.78, 5) is 8.42. The lowest BCUT2D eigenvalue weighted by Gasteiger charge is -2.04. The van der Waals surface area contributed by atoms with Gasteiger partial charge in [0.25, 0.3) is 0 Å². The summed E-state index contributed by atoms with van der Waals surface area (Å²) in [5, 5.41) is 1.80. The van der Waals surface area contributed by atoms with Gasteiger partial charge in [-0.25, -0.2) is 9.97 Å². The third kappa shape index (κ3) is 1.51. The summed E-state index contributed by atoms with van der Waals surface area (Å²) in [5.74, 6) is 0. The minimum Gasteiger partial charge on any atom is -0.398 e. The maximum absolute atomic E-state index is 6.00. The van der Waals surface area contributed by atoms with E-state index in [-0.39, 0.29) is 0 Å². The van der Waals surface area contributed by atoms with Gasteiger partial charge < -0.3 is 5.73 Å². The minimum absolute atomic E-state index is 0.414. The lowest BCUT2D eigenvalue weighted by Crippen LogP contribution is -1.93. The largest absolute Gasteiger partial charge is 0.398 e. The van der Waals surface area contributed by atoms with E-state index in [9.17, 15) is 0 Å². The quantitative estimate of drug-likeness (QED) is 0.351. The highest BCUT2D eigenvalue weighted by molar-refractivity contribution is 7.98. The molecule has 2 N–H and O–H groups in total. The summed E-state index contributed by atoms with van der Waals surface area (Å²) in [6.45, 7) is 0. The van der Waals surface area contributed by atoms with Gasteiger partial charge in [-0.05, 0) is 18.4 Å². The van der Waals surface area contributed by atoms with Crippen molar-refractivity contribution in [3.63, 3.8) is 0 Å². The van der Waals surface area contributed by atoms with Gasteiger partial charge in [-0.3, -0.25) is 0 Å². The molecule has 0 radical (unpaired) electrons. The highest BCUT2D eigenvalue weighted by Gasteiger charge is 2.07. The first-order valence-electron chi connectivity index (χ1n) is 3.98. The molecule has 0 saturated heterocycles. The van der Waals surface area contributed by atoms with E-state index in [1.165, 1.54) is 11.8 Å². The van der Waals surface area contributed by atoms with E-state index in [0.717, 1.165) is 10.9 Å². The Morgan fingerprint density at radius 1 is 1.36 bits per heavy atom. The van der Waals surface area contributed by atoms with E-state index in [1.54, 1.807) is 6.07 Å². The molecule has 0 aliphatic heterocycles. The van der Waals surface area contributed by atoms with E-state index >= 15 is 0 Å². The lowest BCUT2D eigenvalue weighted by atomic mass is 10.2. The van der Waals surface area contributed by atoms with Crippen molar-refractivity contribution in [2.24, 2.45) is 0 Å². The van der Waals surface area contributed by atoms with Gasteiger partial charge in [0.2, 0.25) is 0 Å². The van der Waals surface area contributed by atoms with Crippen LogP contribution in [0.15, 0.2) is 23.4 Å². The van der Waals surface area contributed by atoms with Crippen molar-refractivity contribution >= 4 is 40.0 Å². The van der Waals surface area contributed by atoms with Crippen molar-refractivity contribution in [1.29, 1.82) is 0 Å². The number of rotatable bonds is 1. The van der Waals surface area contributed by atoms with Gasteiger partial charge in [-0.15, -0.1) is 0 Å². The molecule has 0 fully saturated rings. The van der Waals surface area contributed by atoms with E-state index < -0.39 is 0 Å². The van der Waals surface area contributed by atoms with Gasteiger partial charge in [0, 0.05) is 5.69 Å². The van der Waals surface area contributed by atoms with Crippen LogP contribution in [0.25, 0.3) is 10.9 Å². The number of benzene rings is 1. The second-order valence-electron chi connectivity index (χ2n) is 2.74. The number of hydrogen-bond acceptors (Lipinski definition) is 4. The molecule has 1 heterocycles. The molecule has 0 saturated carbocycles. The highest BCUT2D eigenvalue weighted by atomic mass is 35.5. The summed E-state index contributed by atoms with van der Waals surface area (Å²) in [5.41, 5.74) is 7.18. The molecule has 0 aliphatic rings. The first-order valence-corrected chi connectivity index (χ1v) is 5.58. The fraction of sp³-hybridized carbons (Fsp3) is 0.111. The number of nitrogens with zero attached hydrogens (tertiary/aromatic N) is 2. The monoisotopic (exact) mass is 225 g/mol. The van der Waals surface area contributed by atoms with E-state index in [2.05, 4.69) is 9.97 Å². The predicted octanol–water partition coefficient (Wildman–Crippen LogP) is 2.59. The van der Waals surface area contributed by atoms with Crippen LogP contribution in [0.2, 0.25) is 5.15 Å². The zero-order valence-corrected chi connectivity index (χ0v) is 9.06. The molecule has 72 valence electrons. The Morgan fingerprint density at radius 3 is 2.86 bits per heavy atom. The Morgan fingerprint density at radius 2 is 2.14 bits per heavy atom. The standard InChI is InChI=1S/C9H8ClN3S/c1-14-9-12-6-4-2-3-5(11)7(6)8(10)13-9/h2-4H,11H2,1H3. The lowest BCUT2D eigenvalue weighted by molar-refractivity contribution is 1.01. The van der Waals surface area contributed by atoms with Crippen molar-refractivity contribution < 1.29 is 0 Å². The first kappa shape index (κ1) is 9.55. The van der Waals surface area contributed by atoms with Crippen molar-refractivity contribution in [2.45, 2.75) is 5.16 Å². The topological polar surface area (TPSA) is 51.8 Å². The normalized spacial score (nSPS) is 10.7. The molecule has 14 heavy (non-hydrogen) atoms. The molecule has 0 bridgehead atoms. The van der Waals surface area contributed by atoms with Crippen LogP contribution in [0.1, 0.15) is 0 Å². The van der Waals surface area contributed by atoms with Crippen molar-refractivity contribution in [1.82, 2.24) is 9.97 Å². The maximum atomic E-state index is 6.00. The van der Waals surface area contributed by atoms with Crippen LogP contribution in [-0.4, -0.2) is 16.2 Å². The van der Waals surface area contributed by atoms with E-state index in [4.69, 9.17) is 17.3 Å². The van der Waals surface area contributed by atoms with Crippen LogP contribution in [0.4, 0.5) is 5.69 Å². The van der Waals surface area contributed by atoms with Crippen LogP contribution in [0.3, 0.4) is 0 Å². The number of nitrogens with two attached hydrogens (primary N) is 1. The molecule has 1 aromatic heterocycles. The van der Waals surface area contributed by atoms with Gasteiger partial charge in [0.05, 0.1) is 10.9 Å². The third-order valence-corrected chi connectivity index (χ3v) is 2.69. The second kappa shape index (κ2) is 3.63. The number of hydrogen-bond donors (Lipinski definition) is 1. The van der Waals surface area contributed by atoms with Gasteiger partial charge in [-0.1, -0.05) is 29.4 Å². The van der Waals surface area contributed by atoms with E-state index in [0.29, 0.717) is 16.0 Å². The molecule has 2 rings (SSSR count). The number of aromatic nitrogens is 2. The zero-order valence-electron chi connectivity index (χ0n) is 7.49. The number of halogens is 1. The van der Waals surface area contributed by atoms with Crippen molar-refractivity contribution in [3.8, 4) is 0 Å². The molecule has 2 aromatic rings. The fourth-order valence-electron chi connectivity index (χ4n) is 1.23. The number of nitrogen functional groups attached to an aromatic ring is 1. The predicted molar refractivity (Wildman–Crippen MR) is 60.7 cm³/mol. The summed E-state index contributed by atoms with van der Waals surface area (Å²) in [7, 11) is 0. The second-order valence-corrected chi connectivity index (χ2v) is 3.87.